The number of rotatable bonds is 2. The minimum Gasteiger partial charge on any atom is -0.308 e. The minimum atomic E-state index is -0.251. The average Bonchev–Trinajstić information content (AvgIpc) is 3.08. The van der Waals surface area contributed by atoms with Crippen LogP contribution >= 0.6 is 39.9 Å². The number of benzene rings is 2. The number of carbonyl (C=O) groups excluding carboxylic acids is 2. The van der Waals surface area contributed by atoms with Crippen LogP contribution in [0.1, 0.15) is 12.5 Å². The van der Waals surface area contributed by atoms with Crippen molar-refractivity contribution in [3.63, 3.8) is 0 Å². The molecule has 2 amide bonds. The summed E-state index contributed by atoms with van der Waals surface area (Å²) in [5, 5.41) is 0. The lowest BCUT2D eigenvalue weighted by Crippen LogP contribution is -2.29. The number of nitrogens with zero attached hydrogens (tertiary/aromatic N) is 2. The SMILES string of the molecule is CCN1C(=O)/C(=C2/SC(=S)N(c3ccc(Br)cc3)C2=O)c2ccccc21. The van der Waals surface area contributed by atoms with E-state index in [1.807, 2.05) is 55.5 Å². The molecule has 0 radical (unpaired) electrons. The van der Waals surface area contributed by atoms with Gasteiger partial charge in [-0.1, -0.05) is 58.1 Å². The van der Waals surface area contributed by atoms with Gasteiger partial charge in [-0.2, -0.15) is 0 Å². The van der Waals surface area contributed by atoms with E-state index in [1.165, 1.54) is 16.7 Å². The van der Waals surface area contributed by atoms with E-state index < -0.39 is 0 Å². The summed E-state index contributed by atoms with van der Waals surface area (Å²) >= 11 is 10.0. The topological polar surface area (TPSA) is 40.6 Å². The number of halogens is 1. The van der Waals surface area contributed by atoms with Gasteiger partial charge in [0, 0.05) is 16.6 Å². The summed E-state index contributed by atoms with van der Waals surface area (Å²) in [5.41, 5.74) is 2.76. The van der Waals surface area contributed by atoms with Crippen LogP contribution in [-0.4, -0.2) is 22.7 Å². The van der Waals surface area contributed by atoms with Gasteiger partial charge in [0.05, 0.1) is 21.9 Å². The summed E-state index contributed by atoms with van der Waals surface area (Å²) in [6.07, 6.45) is 0. The second-order valence-electron chi connectivity index (χ2n) is 5.76. The van der Waals surface area contributed by atoms with Crippen molar-refractivity contribution >= 4 is 73.0 Å². The van der Waals surface area contributed by atoms with Crippen LogP contribution in [0, 0.1) is 0 Å². The fourth-order valence-electron chi connectivity index (χ4n) is 3.15. The first-order valence-corrected chi connectivity index (χ1v) is 10.0. The summed E-state index contributed by atoms with van der Waals surface area (Å²) in [4.78, 5) is 29.6. The molecule has 2 aromatic rings. The molecule has 1 fully saturated rings. The summed E-state index contributed by atoms with van der Waals surface area (Å²) in [7, 11) is 0. The number of likely N-dealkylation sites (N-methyl/N-ethyl adjacent to an activating group) is 1. The molecule has 0 spiro atoms. The first kappa shape index (κ1) is 17.5. The standard InChI is InChI=1S/C19H13BrN2O2S2/c1-2-21-14-6-4-3-5-13(14)15(17(21)23)16-18(24)22(19(25)26-16)12-9-7-11(20)8-10-12/h3-10H,2H2,1H3/b16-15+. The van der Waals surface area contributed by atoms with Crippen molar-refractivity contribution in [1.29, 1.82) is 0 Å². The predicted octanol–water partition coefficient (Wildman–Crippen LogP) is 4.59. The lowest BCUT2D eigenvalue weighted by atomic mass is 10.1. The van der Waals surface area contributed by atoms with Crippen molar-refractivity contribution in [2.24, 2.45) is 0 Å². The second kappa shape index (κ2) is 6.64. The van der Waals surface area contributed by atoms with Crippen molar-refractivity contribution < 1.29 is 9.59 Å². The number of anilines is 2. The second-order valence-corrected chi connectivity index (χ2v) is 8.32. The fourth-order valence-corrected chi connectivity index (χ4v) is 4.78. The molecule has 0 unspecified atom stereocenters. The number of carbonyl (C=O) groups is 2. The zero-order valence-corrected chi connectivity index (χ0v) is 17.0. The van der Waals surface area contributed by atoms with Gasteiger partial charge < -0.3 is 4.90 Å². The zero-order chi connectivity index (χ0) is 18.4. The Hall–Kier alpha value is -1.96. The molecule has 7 heteroatoms. The van der Waals surface area contributed by atoms with Crippen LogP contribution in [0.2, 0.25) is 0 Å². The molecule has 0 saturated carbocycles. The highest BCUT2D eigenvalue weighted by Gasteiger charge is 2.42. The first-order valence-electron chi connectivity index (χ1n) is 8.00. The Labute approximate surface area is 169 Å². The van der Waals surface area contributed by atoms with Crippen molar-refractivity contribution in [3.8, 4) is 0 Å². The highest BCUT2D eigenvalue weighted by atomic mass is 79.9. The monoisotopic (exact) mass is 444 g/mol. The molecule has 2 heterocycles. The summed E-state index contributed by atoms with van der Waals surface area (Å²) in [6.45, 7) is 2.47. The van der Waals surface area contributed by atoms with Crippen LogP contribution in [0.25, 0.3) is 5.57 Å². The van der Waals surface area contributed by atoms with E-state index >= 15 is 0 Å². The number of hydrogen-bond donors (Lipinski definition) is 0. The Balaban J connectivity index is 1.83. The van der Waals surface area contributed by atoms with E-state index in [0.717, 1.165) is 15.7 Å². The third kappa shape index (κ3) is 2.62. The average molecular weight is 445 g/mol. The van der Waals surface area contributed by atoms with Crippen molar-refractivity contribution in [1.82, 2.24) is 0 Å². The number of para-hydroxylation sites is 1. The van der Waals surface area contributed by atoms with Crippen LogP contribution in [0.5, 0.6) is 0 Å². The zero-order valence-electron chi connectivity index (χ0n) is 13.7. The van der Waals surface area contributed by atoms with E-state index in [2.05, 4.69) is 15.9 Å². The van der Waals surface area contributed by atoms with Crippen LogP contribution in [-0.2, 0) is 9.59 Å². The Bertz CT molecular complexity index is 985. The number of thioether (sulfide) groups is 1. The fraction of sp³-hybridized carbons (Fsp3) is 0.105. The molecule has 0 atom stereocenters. The molecule has 0 aromatic heterocycles. The summed E-state index contributed by atoms with van der Waals surface area (Å²) < 4.78 is 1.35. The molecule has 2 aromatic carbocycles. The van der Waals surface area contributed by atoms with Crippen molar-refractivity contribution in [2.75, 3.05) is 16.3 Å². The third-order valence-electron chi connectivity index (χ3n) is 4.32. The van der Waals surface area contributed by atoms with Crippen molar-refractivity contribution in [2.45, 2.75) is 6.92 Å². The molecule has 2 aliphatic heterocycles. The largest absolute Gasteiger partial charge is 0.308 e. The van der Waals surface area contributed by atoms with Crippen LogP contribution in [0.15, 0.2) is 57.9 Å². The lowest BCUT2D eigenvalue weighted by Gasteiger charge is -2.14. The molecule has 4 rings (SSSR count). The Morgan fingerprint density at radius 2 is 1.73 bits per heavy atom. The number of thiocarbonyl (C=S) groups is 1. The summed E-state index contributed by atoms with van der Waals surface area (Å²) in [5.74, 6) is -0.400. The molecule has 26 heavy (non-hydrogen) atoms. The van der Waals surface area contributed by atoms with Gasteiger partial charge in [0.1, 0.15) is 0 Å². The van der Waals surface area contributed by atoms with E-state index in [0.29, 0.717) is 27.0 Å². The number of fused-ring (bicyclic) bond motifs is 1. The third-order valence-corrected chi connectivity index (χ3v) is 6.22. The lowest BCUT2D eigenvalue weighted by molar-refractivity contribution is -0.115. The Morgan fingerprint density at radius 1 is 1.04 bits per heavy atom. The quantitative estimate of drug-likeness (QED) is 0.501. The molecule has 2 aliphatic rings. The normalized spacial score (nSPS) is 19.5. The molecule has 4 nitrogen and oxygen atoms in total. The van der Waals surface area contributed by atoms with Gasteiger partial charge in [-0.05, 0) is 37.3 Å². The smallest absolute Gasteiger partial charge is 0.271 e. The first-order chi connectivity index (χ1) is 12.5. The van der Waals surface area contributed by atoms with Gasteiger partial charge in [-0.3, -0.25) is 14.5 Å². The minimum absolute atomic E-state index is 0.148. The molecular formula is C19H13BrN2O2S2. The molecule has 0 N–H and O–H groups in total. The maximum absolute atomic E-state index is 13.1. The number of amides is 2. The van der Waals surface area contributed by atoms with E-state index in [1.54, 1.807) is 4.90 Å². The van der Waals surface area contributed by atoms with Gasteiger partial charge in [-0.25, -0.2) is 0 Å². The molecule has 1 saturated heterocycles. The molecule has 0 bridgehead atoms. The Morgan fingerprint density at radius 3 is 2.42 bits per heavy atom. The predicted molar refractivity (Wildman–Crippen MR) is 113 cm³/mol. The van der Waals surface area contributed by atoms with Gasteiger partial charge in [0.2, 0.25) is 0 Å². The molecule has 0 aliphatic carbocycles. The number of hydrogen-bond acceptors (Lipinski definition) is 4. The van der Waals surface area contributed by atoms with Gasteiger partial charge in [0.15, 0.2) is 4.32 Å². The van der Waals surface area contributed by atoms with Gasteiger partial charge >= 0.3 is 0 Å². The van der Waals surface area contributed by atoms with E-state index in [9.17, 15) is 9.59 Å². The van der Waals surface area contributed by atoms with E-state index in [-0.39, 0.29) is 11.8 Å². The molecular weight excluding hydrogens is 432 g/mol. The summed E-state index contributed by atoms with van der Waals surface area (Å²) in [6, 6.07) is 14.9. The highest BCUT2D eigenvalue weighted by Crippen LogP contribution is 2.45. The van der Waals surface area contributed by atoms with Crippen molar-refractivity contribution in [3.05, 3.63) is 63.5 Å². The molecule has 130 valence electrons. The van der Waals surface area contributed by atoms with Crippen LogP contribution in [0.3, 0.4) is 0 Å². The van der Waals surface area contributed by atoms with Gasteiger partial charge in [0.25, 0.3) is 11.8 Å². The van der Waals surface area contributed by atoms with Crippen LogP contribution < -0.4 is 9.80 Å². The maximum atomic E-state index is 13.1. The highest BCUT2D eigenvalue weighted by molar-refractivity contribution is 9.10. The van der Waals surface area contributed by atoms with Gasteiger partial charge in [-0.15, -0.1) is 0 Å². The van der Waals surface area contributed by atoms with E-state index in [4.69, 9.17) is 12.2 Å². The Kier molecular flexibility index (Phi) is 4.46. The van der Waals surface area contributed by atoms with Crippen LogP contribution in [0.4, 0.5) is 11.4 Å². The maximum Gasteiger partial charge on any atom is 0.271 e.